The van der Waals surface area contributed by atoms with Gasteiger partial charge in [0.1, 0.15) is 11.6 Å². The first-order valence-corrected chi connectivity index (χ1v) is 25.3. The van der Waals surface area contributed by atoms with Gasteiger partial charge in [-0.2, -0.15) is 0 Å². The fourth-order valence-electron chi connectivity index (χ4n) is 8.75. The lowest BCUT2D eigenvalue weighted by atomic mass is 10.0. The van der Waals surface area contributed by atoms with Crippen LogP contribution in [0.4, 0.5) is 14.7 Å². The van der Waals surface area contributed by atoms with Gasteiger partial charge in [-0.3, -0.25) is 19.0 Å². The predicted molar refractivity (Wildman–Crippen MR) is 283 cm³/mol. The van der Waals surface area contributed by atoms with E-state index >= 15 is 0 Å². The number of nitrogens with two attached hydrogens (primary N) is 1. The molecule has 382 valence electrons. The van der Waals surface area contributed by atoms with E-state index in [-0.39, 0.29) is 53.7 Å². The van der Waals surface area contributed by atoms with Gasteiger partial charge < -0.3 is 20.9 Å². The van der Waals surface area contributed by atoms with E-state index in [2.05, 4.69) is 44.2 Å². The Morgan fingerprint density at radius 1 is 0.603 bits per heavy atom. The van der Waals surface area contributed by atoms with Gasteiger partial charge in [0.05, 0.1) is 66.1 Å². The highest BCUT2D eigenvalue weighted by Gasteiger charge is 2.34. The molecule has 0 aliphatic carbocycles. The molecule has 4 atom stereocenters. The SMILES string of the molecule is C.CN(C)C1Cn2c(-c3ccnc(S(C)(=O)=O)n3)c(-c3ccc(F)cc3)c(=O)n2C1.C[C@H](N)c1ccccc1.C[C@H](Nc1nccc(-c2c(-c3ccc(F)cc3)c(=O)n3n2CC(N(C)C)C3)n1)c1ccccc1. The molecule has 0 saturated carbocycles. The first kappa shape index (κ1) is 53.4. The molecule has 8 aromatic rings. The van der Waals surface area contributed by atoms with Crippen molar-refractivity contribution in [1.82, 2.24) is 48.5 Å². The molecule has 0 bridgehead atoms. The lowest BCUT2D eigenvalue weighted by Gasteiger charge is -2.18. The third kappa shape index (κ3) is 11.8. The van der Waals surface area contributed by atoms with Crippen molar-refractivity contribution in [1.29, 1.82) is 0 Å². The van der Waals surface area contributed by atoms with Crippen molar-refractivity contribution in [3.8, 4) is 45.0 Å². The summed E-state index contributed by atoms with van der Waals surface area (Å²) in [4.78, 5) is 48.2. The largest absolute Gasteiger partial charge is 0.348 e. The van der Waals surface area contributed by atoms with Gasteiger partial charge in [0, 0.05) is 36.8 Å². The van der Waals surface area contributed by atoms with Crippen LogP contribution in [-0.4, -0.2) is 103 Å². The second-order valence-electron chi connectivity index (χ2n) is 18.4. The number of aromatic nitrogens is 8. The van der Waals surface area contributed by atoms with Crippen LogP contribution >= 0.6 is 0 Å². The molecule has 2 aliphatic heterocycles. The normalized spacial score (nSPS) is 15.6. The monoisotopic (exact) mass is 1010 g/mol. The molecule has 19 heteroatoms. The van der Waals surface area contributed by atoms with Crippen molar-refractivity contribution in [3.63, 3.8) is 0 Å². The Balaban J connectivity index is 0.000000182. The number of benzene rings is 4. The van der Waals surface area contributed by atoms with E-state index in [4.69, 9.17) is 10.7 Å². The topological polar surface area (TPSA) is 184 Å². The summed E-state index contributed by atoms with van der Waals surface area (Å²) in [6.45, 7) is 6.31. The zero-order valence-electron chi connectivity index (χ0n) is 41.2. The average molecular weight is 1010 g/mol. The second kappa shape index (κ2) is 22.5. The Kier molecular flexibility index (Phi) is 16.5. The standard InChI is InChI=1S/C26H27FN6O.C19H20FN5O3S.C8H11N.CH4/c1-17(18-7-5-4-6-8-18)29-26-28-14-13-22(30-26)24-23(19-9-11-20(27)12-10-19)25(34)33-16-21(31(2)3)15-32(24)33;1-23(2)14-10-24-17(15-8-9-21-19(22-15)29(3,27)28)16(18(26)25(24)11-14)12-4-6-13(20)7-5-12;1-7(9)8-5-3-2-4-6-8;/h4-14,17,21H,15-16H2,1-3H3,(H,28,29,30);4-9,14H,10-11H2,1-3H3;2-7H,9H2,1H3;1H4/t17-,21?;;7-;/m0.0./s1. The van der Waals surface area contributed by atoms with Crippen LogP contribution in [0.25, 0.3) is 45.0 Å². The molecule has 10 rings (SSSR count). The van der Waals surface area contributed by atoms with E-state index in [1.54, 1.807) is 33.8 Å². The molecule has 4 aromatic carbocycles. The molecule has 6 heterocycles. The van der Waals surface area contributed by atoms with Gasteiger partial charge in [-0.15, -0.1) is 0 Å². The molecule has 2 unspecified atom stereocenters. The molecule has 3 N–H and O–H groups in total. The van der Waals surface area contributed by atoms with Crippen LogP contribution in [0.2, 0.25) is 0 Å². The van der Waals surface area contributed by atoms with Crippen molar-refractivity contribution in [3.05, 3.63) is 177 Å². The molecule has 0 amide bonds. The summed E-state index contributed by atoms with van der Waals surface area (Å²) in [6, 6.07) is 35.7. The predicted octanol–water partition coefficient (Wildman–Crippen LogP) is 7.63. The molecule has 2 aliphatic rings. The number of nitrogens with zero attached hydrogens (tertiary/aromatic N) is 10. The molecule has 0 saturated heterocycles. The molecule has 73 heavy (non-hydrogen) atoms. The Morgan fingerprint density at radius 3 is 1.42 bits per heavy atom. The number of likely N-dealkylation sites (N-methyl/N-ethyl adjacent to an activating group) is 2. The summed E-state index contributed by atoms with van der Waals surface area (Å²) in [5.41, 5.74) is 11.9. The average Bonchev–Trinajstić information content (AvgIpc) is 4.14. The molecule has 0 radical (unpaired) electrons. The Bertz CT molecular complexity index is 3390. The van der Waals surface area contributed by atoms with E-state index < -0.39 is 15.7 Å². The third-order valence-electron chi connectivity index (χ3n) is 12.8. The van der Waals surface area contributed by atoms with Crippen molar-refractivity contribution in [2.24, 2.45) is 5.73 Å². The summed E-state index contributed by atoms with van der Waals surface area (Å²) in [6.07, 6.45) is 4.09. The van der Waals surface area contributed by atoms with Gasteiger partial charge in [0.15, 0.2) is 0 Å². The number of hydrogen-bond acceptors (Lipinski definition) is 12. The van der Waals surface area contributed by atoms with Crippen molar-refractivity contribution in [2.45, 2.75) is 76.8 Å². The first-order chi connectivity index (χ1) is 34.4. The highest BCUT2D eigenvalue weighted by molar-refractivity contribution is 7.90. The van der Waals surface area contributed by atoms with E-state index in [1.165, 1.54) is 48.2 Å². The first-order valence-electron chi connectivity index (χ1n) is 23.4. The molecule has 16 nitrogen and oxygen atoms in total. The Morgan fingerprint density at radius 2 is 1.01 bits per heavy atom. The van der Waals surface area contributed by atoms with Gasteiger partial charge >= 0.3 is 0 Å². The van der Waals surface area contributed by atoms with Crippen molar-refractivity contribution in [2.75, 3.05) is 39.8 Å². The quantitative estimate of drug-likeness (QED) is 0.121. The number of hydrogen-bond donors (Lipinski definition) is 2. The molecular formula is C54H62F2N12O4S. The van der Waals surface area contributed by atoms with E-state index in [1.807, 2.05) is 104 Å². The van der Waals surface area contributed by atoms with Gasteiger partial charge in [-0.1, -0.05) is 92.4 Å². The minimum Gasteiger partial charge on any atom is -0.348 e. The minimum absolute atomic E-state index is 0. The summed E-state index contributed by atoms with van der Waals surface area (Å²) in [7, 11) is 4.29. The third-order valence-corrected chi connectivity index (χ3v) is 13.7. The summed E-state index contributed by atoms with van der Waals surface area (Å²) >= 11 is 0. The van der Waals surface area contributed by atoms with Gasteiger partial charge in [-0.25, -0.2) is 46.5 Å². The van der Waals surface area contributed by atoms with Crippen LogP contribution in [0.1, 0.15) is 44.5 Å². The summed E-state index contributed by atoms with van der Waals surface area (Å²) in [5.74, 6) is -0.265. The zero-order chi connectivity index (χ0) is 51.4. The van der Waals surface area contributed by atoms with Gasteiger partial charge in [0.25, 0.3) is 11.1 Å². The lowest BCUT2D eigenvalue weighted by molar-refractivity contribution is 0.283. The van der Waals surface area contributed by atoms with Crippen LogP contribution in [0.3, 0.4) is 0 Å². The van der Waals surface area contributed by atoms with Crippen LogP contribution in [-0.2, 0) is 36.0 Å². The van der Waals surface area contributed by atoms with Crippen LogP contribution in [0.15, 0.2) is 148 Å². The van der Waals surface area contributed by atoms with Crippen molar-refractivity contribution < 1.29 is 17.2 Å². The number of rotatable bonds is 11. The fraction of sp³-hybridized carbons (Fsp3) is 0.296. The maximum Gasteiger partial charge on any atom is 0.275 e. The van der Waals surface area contributed by atoms with Gasteiger partial charge in [-0.05, 0) is 101 Å². The van der Waals surface area contributed by atoms with E-state index in [0.717, 1.165) is 17.5 Å². The number of halogens is 2. The van der Waals surface area contributed by atoms with Crippen LogP contribution in [0.5, 0.6) is 0 Å². The fourth-order valence-corrected chi connectivity index (χ4v) is 9.27. The van der Waals surface area contributed by atoms with Crippen LogP contribution < -0.4 is 22.2 Å². The summed E-state index contributed by atoms with van der Waals surface area (Å²) < 4.78 is 58.1. The molecule has 4 aromatic heterocycles. The highest BCUT2D eigenvalue weighted by Crippen LogP contribution is 2.34. The molecular weight excluding hydrogens is 951 g/mol. The minimum atomic E-state index is -3.62. The van der Waals surface area contributed by atoms with Crippen molar-refractivity contribution >= 4 is 15.8 Å². The number of sulfone groups is 1. The zero-order valence-corrected chi connectivity index (χ0v) is 42.0. The van der Waals surface area contributed by atoms with Gasteiger partial charge in [0.2, 0.25) is 20.9 Å². The number of anilines is 1. The van der Waals surface area contributed by atoms with E-state index in [9.17, 15) is 26.8 Å². The number of fused-ring (bicyclic) bond motifs is 2. The molecule has 0 spiro atoms. The maximum atomic E-state index is 13.6. The number of nitrogens with one attached hydrogen (secondary N) is 1. The van der Waals surface area contributed by atoms with Crippen LogP contribution in [0, 0.1) is 11.6 Å². The Hall–Kier alpha value is -7.45. The second-order valence-corrected chi connectivity index (χ2v) is 20.3. The maximum absolute atomic E-state index is 13.6. The Labute approximate surface area is 424 Å². The van der Waals surface area contributed by atoms with E-state index in [0.29, 0.717) is 71.5 Å². The molecule has 0 fully saturated rings. The lowest BCUT2D eigenvalue weighted by Crippen LogP contribution is -2.31. The smallest absolute Gasteiger partial charge is 0.275 e. The summed E-state index contributed by atoms with van der Waals surface area (Å²) in [5, 5.41) is 3.05. The highest BCUT2D eigenvalue weighted by atomic mass is 32.2.